The number of hydrogen-bond acceptors (Lipinski definition) is 2. The van der Waals surface area contributed by atoms with E-state index in [1.54, 1.807) is 0 Å². The van der Waals surface area contributed by atoms with Gasteiger partial charge >= 0.3 is 0 Å². The topological polar surface area (TPSA) is 37.4 Å². The molecule has 1 saturated heterocycles. The Morgan fingerprint density at radius 3 is 2.44 bits per heavy atom. The maximum absolute atomic E-state index is 14.2. The van der Waals surface area contributed by atoms with E-state index in [-0.39, 0.29) is 35.6 Å². The van der Waals surface area contributed by atoms with Gasteiger partial charge in [-0.15, -0.1) is 6.58 Å². The van der Waals surface area contributed by atoms with Crippen molar-refractivity contribution < 1.29 is 9.59 Å². The number of amides is 1. The number of piperidine rings is 1. The molecule has 3 nitrogen and oxygen atoms in total. The monoisotopic (exact) mass is 497 g/mol. The van der Waals surface area contributed by atoms with E-state index in [2.05, 4.69) is 19.6 Å². The summed E-state index contributed by atoms with van der Waals surface area (Å²) < 4.78 is 0. The van der Waals surface area contributed by atoms with Gasteiger partial charge in [0.2, 0.25) is 5.91 Å². The Morgan fingerprint density at radius 1 is 1.15 bits per heavy atom. The van der Waals surface area contributed by atoms with E-state index in [4.69, 9.17) is 23.2 Å². The van der Waals surface area contributed by atoms with E-state index in [1.165, 1.54) is 0 Å². The van der Waals surface area contributed by atoms with Crippen molar-refractivity contribution >= 4 is 34.9 Å². The molecule has 5 heteroatoms. The number of nitrogens with zero attached hydrogens (tertiary/aromatic N) is 1. The average Bonchev–Trinajstić information content (AvgIpc) is 3.66. The molecule has 0 bridgehead atoms. The molecule has 180 valence electrons. The van der Waals surface area contributed by atoms with Crippen molar-refractivity contribution in [3.8, 4) is 0 Å². The Hall–Kier alpha value is -2.10. The number of benzene rings is 2. The highest BCUT2D eigenvalue weighted by Crippen LogP contribution is 2.52. The van der Waals surface area contributed by atoms with Crippen LogP contribution in [0, 0.1) is 11.3 Å². The summed E-state index contributed by atoms with van der Waals surface area (Å²) in [6.45, 7) is 8.05. The fourth-order valence-electron chi connectivity index (χ4n) is 5.53. The summed E-state index contributed by atoms with van der Waals surface area (Å²) >= 11 is 12.6. The molecule has 2 fully saturated rings. The van der Waals surface area contributed by atoms with Crippen LogP contribution in [0.1, 0.15) is 75.5 Å². The van der Waals surface area contributed by atoms with E-state index in [1.807, 2.05) is 60.4 Å². The van der Waals surface area contributed by atoms with Crippen molar-refractivity contribution in [2.24, 2.45) is 11.3 Å². The second kappa shape index (κ2) is 10.3. The average molecular weight is 498 g/mol. The van der Waals surface area contributed by atoms with Crippen LogP contribution in [0.15, 0.2) is 61.2 Å². The summed E-state index contributed by atoms with van der Waals surface area (Å²) in [5.41, 5.74) is 1.53. The Labute approximate surface area is 213 Å². The van der Waals surface area contributed by atoms with Gasteiger partial charge in [-0.05, 0) is 67.5 Å². The molecule has 2 aromatic carbocycles. The molecule has 1 heterocycles. The Bertz CT molecular complexity index is 1060. The third-order valence-corrected chi connectivity index (χ3v) is 8.01. The molecule has 1 saturated carbocycles. The molecule has 34 heavy (non-hydrogen) atoms. The smallest absolute Gasteiger partial charge is 0.229 e. The fraction of sp³-hybridized carbons (Fsp3) is 0.448. The second-order valence-corrected chi connectivity index (χ2v) is 11.0. The molecule has 1 amide bonds. The number of Topliss-reactive ketones (excluding diaryl/α,β-unsaturated/α-hetero) is 1. The van der Waals surface area contributed by atoms with E-state index >= 15 is 0 Å². The first-order valence-electron chi connectivity index (χ1n) is 12.2. The summed E-state index contributed by atoms with van der Waals surface area (Å²) in [5.74, 6) is 0.574. The van der Waals surface area contributed by atoms with Crippen molar-refractivity contribution in [1.82, 2.24) is 4.90 Å². The molecule has 2 aromatic rings. The summed E-state index contributed by atoms with van der Waals surface area (Å²) in [7, 11) is 0. The zero-order valence-electron chi connectivity index (χ0n) is 20.0. The molecular weight excluding hydrogens is 465 g/mol. The number of likely N-dealkylation sites (tertiary alicyclic amines) is 1. The van der Waals surface area contributed by atoms with Gasteiger partial charge in [-0.25, -0.2) is 0 Å². The number of halogens is 2. The molecule has 4 atom stereocenters. The summed E-state index contributed by atoms with van der Waals surface area (Å²) in [6.07, 6.45) is 6.18. The second-order valence-electron chi connectivity index (χ2n) is 10.1. The molecule has 0 N–H and O–H groups in total. The van der Waals surface area contributed by atoms with Gasteiger partial charge in [-0.3, -0.25) is 9.59 Å². The molecule has 1 aliphatic carbocycles. The number of allylic oxidation sites excluding steroid dienone is 1. The maximum atomic E-state index is 14.2. The van der Waals surface area contributed by atoms with Crippen molar-refractivity contribution in [2.75, 3.05) is 0 Å². The third kappa shape index (κ3) is 5.11. The minimum absolute atomic E-state index is 0.0209. The number of carbonyl (C=O) groups excluding carboxylic acids is 2. The van der Waals surface area contributed by atoms with Crippen LogP contribution >= 0.6 is 23.2 Å². The predicted octanol–water partition coefficient (Wildman–Crippen LogP) is 7.78. The van der Waals surface area contributed by atoms with Crippen LogP contribution in [0.2, 0.25) is 10.0 Å². The third-order valence-electron chi connectivity index (χ3n) is 7.52. The first kappa shape index (κ1) is 25.0. The summed E-state index contributed by atoms with van der Waals surface area (Å²) in [4.78, 5) is 29.1. The number of ketones is 1. The van der Waals surface area contributed by atoms with Gasteiger partial charge in [0.25, 0.3) is 0 Å². The zero-order chi connectivity index (χ0) is 24.5. The molecule has 0 radical (unpaired) electrons. The van der Waals surface area contributed by atoms with Crippen LogP contribution in [0.25, 0.3) is 0 Å². The standard InChI is InChI=1S/C29H33Cl2NO2/c1-4-15-29(3)18-25(21-7-6-8-23(31)16-21)27(20-11-13-22(30)14-12-20)32(28(29)34)24(5-2)17-26(33)19-9-10-19/h4,6-8,11-14,16,19,24-25,27H,1,5,9-10,15,17-18H2,2-3H3/t24-,25?,27?,29?/m0/s1. The van der Waals surface area contributed by atoms with Crippen LogP contribution in [-0.4, -0.2) is 22.6 Å². The highest BCUT2D eigenvalue weighted by molar-refractivity contribution is 6.30. The molecule has 0 aromatic heterocycles. The lowest BCUT2D eigenvalue weighted by Crippen LogP contribution is -2.55. The highest BCUT2D eigenvalue weighted by Gasteiger charge is 2.51. The zero-order valence-corrected chi connectivity index (χ0v) is 21.5. The number of rotatable bonds is 9. The SMILES string of the molecule is C=CCC1(C)CC(c2cccc(Cl)c2)C(c2ccc(Cl)cc2)N([C@@H](CC)CC(=O)C2CC2)C1=O. The first-order chi connectivity index (χ1) is 16.3. The van der Waals surface area contributed by atoms with Crippen LogP contribution in [-0.2, 0) is 9.59 Å². The van der Waals surface area contributed by atoms with Gasteiger partial charge in [0, 0.05) is 34.3 Å². The quantitative estimate of drug-likeness (QED) is 0.331. The van der Waals surface area contributed by atoms with Gasteiger partial charge in [-0.1, -0.05) is 67.4 Å². The Kier molecular flexibility index (Phi) is 7.54. The molecular formula is C29H33Cl2NO2. The van der Waals surface area contributed by atoms with E-state index in [9.17, 15) is 9.59 Å². The van der Waals surface area contributed by atoms with Gasteiger partial charge < -0.3 is 4.90 Å². The van der Waals surface area contributed by atoms with Crippen LogP contribution in [0.3, 0.4) is 0 Å². The molecule has 1 aliphatic heterocycles. The normalized spacial score (nSPS) is 25.8. The van der Waals surface area contributed by atoms with Crippen molar-refractivity contribution in [2.45, 2.75) is 70.4 Å². The molecule has 0 spiro atoms. The van der Waals surface area contributed by atoms with Crippen LogP contribution < -0.4 is 0 Å². The van der Waals surface area contributed by atoms with Crippen LogP contribution in [0.4, 0.5) is 0 Å². The van der Waals surface area contributed by atoms with Gasteiger partial charge in [0.05, 0.1) is 11.5 Å². The molecule has 4 rings (SSSR count). The van der Waals surface area contributed by atoms with E-state index < -0.39 is 5.41 Å². The van der Waals surface area contributed by atoms with Crippen molar-refractivity contribution in [3.05, 3.63) is 82.4 Å². The predicted molar refractivity (Wildman–Crippen MR) is 139 cm³/mol. The van der Waals surface area contributed by atoms with Crippen molar-refractivity contribution in [3.63, 3.8) is 0 Å². The van der Waals surface area contributed by atoms with Crippen LogP contribution in [0.5, 0.6) is 0 Å². The minimum Gasteiger partial charge on any atom is -0.331 e. The van der Waals surface area contributed by atoms with Gasteiger partial charge in [-0.2, -0.15) is 0 Å². The number of hydrogen-bond donors (Lipinski definition) is 0. The number of carbonyl (C=O) groups is 2. The summed E-state index contributed by atoms with van der Waals surface area (Å²) in [6, 6.07) is 15.4. The minimum atomic E-state index is -0.603. The maximum Gasteiger partial charge on any atom is 0.229 e. The fourth-order valence-corrected chi connectivity index (χ4v) is 5.86. The first-order valence-corrected chi connectivity index (χ1v) is 13.0. The van der Waals surface area contributed by atoms with E-state index in [0.29, 0.717) is 29.3 Å². The molecule has 3 unspecified atom stereocenters. The highest BCUT2D eigenvalue weighted by atomic mass is 35.5. The lowest BCUT2D eigenvalue weighted by molar-refractivity contribution is -0.155. The summed E-state index contributed by atoms with van der Waals surface area (Å²) in [5, 5.41) is 1.33. The Morgan fingerprint density at radius 2 is 1.85 bits per heavy atom. The van der Waals surface area contributed by atoms with E-state index in [0.717, 1.165) is 30.4 Å². The van der Waals surface area contributed by atoms with Gasteiger partial charge in [0.15, 0.2) is 0 Å². The lowest BCUT2D eigenvalue weighted by atomic mass is 9.67. The van der Waals surface area contributed by atoms with Gasteiger partial charge in [0.1, 0.15) is 5.78 Å². The Balaban J connectivity index is 1.85. The van der Waals surface area contributed by atoms with Crippen molar-refractivity contribution in [1.29, 1.82) is 0 Å². The lowest BCUT2D eigenvalue weighted by Gasteiger charge is -2.52. The molecule has 2 aliphatic rings. The largest absolute Gasteiger partial charge is 0.331 e.